The van der Waals surface area contributed by atoms with Crippen LogP contribution in [0.4, 0.5) is 17.1 Å². The maximum Gasteiger partial charge on any atom is 0.296 e. The summed E-state index contributed by atoms with van der Waals surface area (Å²) in [6.07, 6.45) is -0.0781. The Morgan fingerprint density at radius 1 is 1.19 bits per heavy atom. The van der Waals surface area contributed by atoms with Crippen LogP contribution in [-0.4, -0.2) is 25.1 Å². The summed E-state index contributed by atoms with van der Waals surface area (Å²) in [5.74, 6) is 0.292. The summed E-state index contributed by atoms with van der Waals surface area (Å²) in [5, 5.41) is 14.4. The number of hydrogen-bond acceptors (Lipinski definition) is 6. The highest BCUT2D eigenvalue weighted by atomic mass is 79.9. The van der Waals surface area contributed by atoms with Crippen molar-refractivity contribution in [3.05, 3.63) is 48.9 Å². The molecule has 0 radical (unpaired) electrons. The van der Waals surface area contributed by atoms with Gasteiger partial charge < -0.3 is 20.5 Å². The third-order valence-corrected chi connectivity index (χ3v) is 5.00. The van der Waals surface area contributed by atoms with Crippen molar-refractivity contribution in [3.63, 3.8) is 0 Å². The highest BCUT2D eigenvalue weighted by molar-refractivity contribution is 9.11. The van der Waals surface area contributed by atoms with Crippen LogP contribution >= 0.6 is 31.9 Å². The molecular weight excluding hydrogens is 474 g/mol. The molecule has 0 aromatic heterocycles. The maximum atomic E-state index is 11.4. The zero-order valence-corrected chi connectivity index (χ0v) is 17.0. The standard InChI is InChI=1S/C16H15Br2N3O5/c1-25-13-4-3-10(8(16(13)18)5-15(19)22)20-11-6-9(17)14(26-2)7-12(11)21(23)24/h3-4,6-7,20H,5H2,1-2H3,(H2,19,22). The predicted octanol–water partition coefficient (Wildman–Crippen LogP) is 3.91. The Morgan fingerprint density at radius 3 is 2.38 bits per heavy atom. The lowest BCUT2D eigenvalue weighted by molar-refractivity contribution is -0.384. The van der Waals surface area contributed by atoms with Gasteiger partial charge in [-0.3, -0.25) is 14.9 Å². The number of hydrogen-bond donors (Lipinski definition) is 2. The summed E-state index contributed by atoms with van der Waals surface area (Å²) in [5.41, 5.74) is 6.38. The SMILES string of the molecule is COc1cc([N+](=O)[O-])c(Nc2ccc(OC)c(Br)c2CC(N)=O)cc1Br. The number of anilines is 2. The van der Waals surface area contributed by atoms with E-state index in [1.54, 1.807) is 12.1 Å². The van der Waals surface area contributed by atoms with Crippen molar-refractivity contribution in [2.75, 3.05) is 19.5 Å². The van der Waals surface area contributed by atoms with Gasteiger partial charge in [0.2, 0.25) is 5.91 Å². The summed E-state index contributed by atoms with van der Waals surface area (Å²) in [6.45, 7) is 0. The maximum absolute atomic E-state index is 11.4. The smallest absolute Gasteiger partial charge is 0.296 e. The van der Waals surface area contributed by atoms with E-state index in [0.29, 0.717) is 31.7 Å². The van der Waals surface area contributed by atoms with Gasteiger partial charge in [-0.15, -0.1) is 0 Å². The van der Waals surface area contributed by atoms with E-state index in [1.165, 1.54) is 26.4 Å². The lowest BCUT2D eigenvalue weighted by atomic mass is 10.1. The molecule has 0 aliphatic heterocycles. The lowest BCUT2D eigenvalue weighted by Gasteiger charge is -2.16. The average molecular weight is 489 g/mol. The number of primary amides is 1. The van der Waals surface area contributed by atoms with Crippen molar-refractivity contribution in [2.45, 2.75) is 6.42 Å². The van der Waals surface area contributed by atoms with Crippen molar-refractivity contribution < 1.29 is 19.2 Å². The minimum Gasteiger partial charge on any atom is -0.496 e. The number of carbonyl (C=O) groups excluding carboxylic acids is 1. The van der Waals surface area contributed by atoms with E-state index in [-0.39, 0.29) is 17.8 Å². The van der Waals surface area contributed by atoms with Crippen LogP contribution in [0.15, 0.2) is 33.2 Å². The molecule has 0 bridgehead atoms. The molecule has 2 aromatic carbocycles. The number of nitrogens with one attached hydrogen (secondary N) is 1. The molecule has 0 saturated heterocycles. The Balaban J connectivity index is 2.58. The molecule has 0 spiro atoms. The second kappa shape index (κ2) is 8.37. The van der Waals surface area contributed by atoms with Crippen LogP contribution in [0.25, 0.3) is 0 Å². The minimum atomic E-state index is -0.549. The molecule has 0 fully saturated rings. The summed E-state index contributed by atoms with van der Waals surface area (Å²) >= 11 is 6.69. The molecular formula is C16H15Br2N3O5. The molecule has 2 rings (SSSR count). The van der Waals surface area contributed by atoms with Gasteiger partial charge >= 0.3 is 0 Å². The molecule has 0 aliphatic rings. The van der Waals surface area contributed by atoms with E-state index in [2.05, 4.69) is 37.2 Å². The minimum absolute atomic E-state index is 0.0781. The monoisotopic (exact) mass is 487 g/mol. The molecule has 0 aliphatic carbocycles. The van der Waals surface area contributed by atoms with Crippen LogP contribution < -0.4 is 20.5 Å². The van der Waals surface area contributed by atoms with Gasteiger partial charge in [-0.1, -0.05) is 0 Å². The molecule has 8 nitrogen and oxygen atoms in total. The largest absolute Gasteiger partial charge is 0.496 e. The topological polar surface area (TPSA) is 117 Å². The van der Waals surface area contributed by atoms with Crippen molar-refractivity contribution in [1.29, 1.82) is 0 Å². The summed E-state index contributed by atoms with van der Waals surface area (Å²) < 4.78 is 11.4. The first-order valence-electron chi connectivity index (χ1n) is 7.21. The van der Waals surface area contributed by atoms with Crippen LogP contribution in [0.5, 0.6) is 11.5 Å². The molecule has 0 saturated carbocycles. The van der Waals surface area contributed by atoms with E-state index in [1.807, 2.05) is 0 Å². The number of benzene rings is 2. The molecule has 1 amide bonds. The molecule has 2 aromatic rings. The number of nitrogens with two attached hydrogens (primary N) is 1. The average Bonchev–Trinajstić information content (AvgIpc) is 2.57. The quantitative estimate of drug-likeness (QED) is 0.450. The molecule has 0 atom stereocenters. The Bertz CT molecular complexity index is 873. The van der Waals surface area contributed by atoms with Gasteiger partial charge in [0.1, 0.15) is 17.2 Å². The zero-order valence-electron chi connectivity index (χ0n) is 13.8. The highest BCUT2D eigenvalue weighted by Crippen LogP contribution is 2.40. The first-order chi connectivity index (χ1) is 12.3. The molecule has 26 heavy (non-hydrogen) atoms. The van der Waals surface area contributed by atoms with Gasteiger partial charge in [0, 0.05) is 11.3 Å². The fourth-order valence-electron chi connectivity index (χ4n) is 2.32. The Kier molecular flexibility index (Phi) is 6.43. The van der Waals surface area contributed by atoms with E-state index in [0.717, 1.165) is 0 Å². The fraction of sp³-hybridized carbons (Fsp3) is 0.188. The zero-order chi connectivity index (χ0) is 19.4. The van der Waals surface area contributed by atoms with Gasteiger partial charge in [-0.05, 0) is 50.1 Å². The summed E-state index contributed by atoms with van der Waals surface area (Å²) in [4.78, 5) is 22.3. The van der Waals surface area contributed by atoms with E-state index in [9.17, 15) is 14.9 Å². The highest BCUT2D eigenvalue weighted by Gasteiger charge is 2.21. The Labute approximate surface area is 166 Å². The molecule has 0 heterocycles. The summed E-state index contributed by atoms with van der Waals surface area (Å²) in [7, 11) is 2.91. The number of nitro groups is 1. The number of methoxy groups -OCH3 is 2. The predicted molar refractivity (Wildman–Crippen MR) is 104 cm³/mol. The van der Waals surface area contributed by atoms with Gasteiger partial charge in [-0.25, -0.2) is 0 Å². The number of amides is 1. The second-order valence-electron chi connectivity index (χ2n) is 5.14. The normalized spacial score (nSPS) is 10.3. The van der Waals surface area contributed by atoms with Crippen molar-refractivity contribution in [3.8, 4) is 11.5 Å². The molecule has 10 heteroatoms. The van der Waals surface area contributed by atoms with Gasteiger partial charge in [0.25, 0.3) is 5.69 Å². The summed E-state index contributed by atoms with van der Waals surface area (Å²) in [6, 6.07) is 6.16. The number of rotatable bonds is 7. The fourth-order valence-corrected chi connectivity index (χ4v) is 3.47. The molecule has 0 unspecified atom stereocenters. The second-order valence-corrected chi connectivity index (χ2v) is 6.78. The van der Waals surface area contributed by atoms with Crippen LogP contribution in [0.1, 0.15) is 5.56 Å². The van der Waals surface area contributed by atoms with E-state index >= 15 is 0 Å². The first-order valence-corrected chi connectivity index (χ1v) is 8.79. The molecule has 3 N–H and O–H groups in total. The number of nitrogens with zero attached hydrogens (tertiary/aromatic N) is 1. The Morgan fingerprint density at radius 2 is 1.85 bits per heavy atom. The first kappa shape index (κ1) is 20.0. The molecule has 138 valence electrons. The lowest BCUT2D eigenvalue weighted by Crippen LogP contribution is -2.15. The van der Waals surface area contributed by atoms with E-state index in [4.69, 9.17) is 15.2 Å². The number of carbonyl (C=O) groups is 1. The van der Waals surface area contributed by atoms with Crippen molar-refractivity contribution in [2.24, 2.45) is 5.73 Å². The van der Waals surface area contributed by atoms with Crippen molar-refractivity contribution >= 4 is 54.8 Å². The van der Waals surface area contributed by atoms with Crippen LogP contribution in [-0.2, 0) is 11.2 Å². The van der Waals surface area contributed by atoms with Crippen LogP contribution in [0.3, 0.4) is 0 Å². The van der Waals surface area contributed by atoms with Crippen molar-refractivity contribution in [1.82, 2.24) is 0 Å². The van der Waals surface area contributed by atoms with Crippen LogP contribution in [0, 0.1) is 10.1 Å². The third kappa shape index (κ3) is 4.25. The Hall–Kier alpha value is -2.33. The number of ether oxygens (including phenoxy) is 2. The van der Waals surface area contributed by atoms with Gasteiger partial charge in [0.05, 0.1) is 40.6 Å². The third-order valence-electron chi connectivity index (χ3n) is 3.51. The van der Waals surface area contributed by atoms with Gasteiger partial charge in [0.15, 0.2) is 0 Å². The number of nitro benzene ring substituents is 1. The van der Waals surface area contributed by atoms with Gasteiger partial charge in [-0.2, -0.15) is 0 Å². The van der Waals surface area contributed by atoms with Crippen LogP contribution in [0.2, 0.25) is 0 Å². The number of halogens is 2. The van der Waals surface area contributed by atoms with E-state index < -0.39 is 10.8 Å².